The number of benzene rings is 1. The Balaban J connectivity index is 2.23. The summed E-state index contributed by atoms with van der Waals surface area (Å²) in [5.74, 6) is 0.244. The van der Waals surface area contributed by atoms with Crippen LogP contribution in [0.5, 0.6) is 0 Å². The van der Waals surface area contributed by atoms with E-state index < -0.39 is 0 Å². The number of carbonyl (C=O) groups excluding carboxylic acids is 1. The zero-order valence-corrected chi connectivity index (χ0v) is 11.3. The van der Waals surface area contributed by atoms with E-state index in [0.29, 0.717) is 5.69 Å². The van der Waals surface area contributed by atoms with Crippen LogP contribution in [0.25, 0.3) is 0 Å². The number of nitrogens with zero attached hydrogens (tertiary/aromatic N) is 1. The van der Waals surface area contributed by atoms with Crippen molar-refractivity contribution in [3.05, 3.63) is 24.3 Å². The van der Waals surface area contributed by atoms with Crippen molar-refractivity contribution in [3.63, 3.8) is 0 Å². The predicted molar refractivity (Wildman–Crippen MR) is 75.5 cm³/mol. The molecule has 0 saturated heterocycles. The zero-order chi connectivity index (χ0) is 13.2. The van der Waals surface area contributed by atoms with Crippen LogP contribution in [-0.4, -0.2) is 13.0 Å². The summed E-state index contributed by atoms with van der Waals surface area (Å²) in [6, 6.07) is 7.53. The first kappa shape index (κ1) is 12.9. The summed E-state index contributed by atoms with van der Waals surface area (Å²) in [6.45, 7) is 2.12. The molecule has 1 saturated carbocycles. The van der Waals surface area contributed by atoms with Crippen molar-refractivity contribution in [1.29, 1.82) is 0 Å². The average Bonchev–Trinajstić information content (AvgIpc) is 2.87. The summed E-state index contributed by atoms with van der Waals surface area (Å²) in [7, 11) is 1.85. The van der Waals surface area contributed by atoms with Gasteiger partial charge in [-0.1, -0.05) is 25.8 Å². The summed E-state index contributed by atoms with van der Waals surface area (Å²) in [6.07, 6.45) is 5.32. The predicted octanol–water partition coefficient (Wildman–Crippen LogP) is 3.20. The van der Waals surface area contributed by atoms with Crippen molar-refractivity contribution in [3.8, 4) is 0 Å². The van der Waals surface area contributed by atoms with E-state index in [1.165, 1.54) is 12.8 Å². The van der Waals surface area contributed by atoms with Gasteiger partial charge in [0, 0.05) is 23.8 Å². The lowest BCUT2D eigenvalue weighted by Crippen LogP contribution is -2.40. The number of amides is 1. The largest absolute Gasteiger partial charge is 0.399 e. The molecular formula is C15H22N2O. The number of rotatable bonds is 3. The van der Waals surface area contributed by atoms with Crippen LogP contribution in [0.2, 0.25) is 0 Å². The molecule has 0 atom stereocenters. The maximum absolute atomic E-state index is 12.7. The molecule has 0 radical (unpaired) electrons. The van der Waals surface area contributed by atoms with Gasteiger partial charge in [-0.3, -0.25) is 4.79 Å². The molecule has 1 aliphatic carbocycles. The molecule has 1 amide bonds. The van der Waals surface area contributed by atoms with Crippen molar-refractivity contribution in [2.75, 3.05) is 17.7 Å². The lowest BCUT2D eigenvalue weighted by molar-refractivity contribution is -0.127. The van der Waals surface area contributed by atoms with Gasteiger partial charge in [-0.2, -0.15) is 0 Å². The second kappa shape index (κ2) is 5.01. The smallest absolute Gasteiger partial charge is 0.232 e. The number of hydrogen-bond donors (Lipinski definition) is 1. The topological polar surface area (TPSA) is 46.3 Å². The van der Waals surface area contributed by atoms with E-state index in [2.05, 4.69) is 6.92 Å². The third-order valence-electron chi connectivity index (χ3n) is 4.25. The lowest BCUT2D eigenvalue weighted by atomic mass is 9.82. The van der Waals surface area contributed by atoms with Gasteiger partial charge in [-0.15, -0.1) is 0 Å². The van der Waals surface area contributed by atoms with Crippen molar-refractivity contribution in [1.82, 2.24) is 0 Å². The first-order valence-electron chi connectivity index (χ1n) is 6.73. The molecule has 3 nitrogen and oxygen atoms in total. The summed E-state index contributed by atoms with van der Waals surface area (Å²) in [4.78, 5) is 14.5. The number of hydrogen-bond acceptors (Lipinski definition) is 2. The Morgan fingerprint density at radius 2 is 2.06 bits per heavy atom. The van der Waals surface area contributed by atoms with E-state index in [1.807, 2.05) is 31.3 Å². The maximum atomic E-state index is 12.7. The van der Waals surface area contributed by atoms with E-state index in [9.17, 15) is 4.79 Å². The fourth-order valence-corrected chi connectivity index (χ4v) is 2.98. The average molecular weight is 246 g/mol. The van der Waals surface area contributed by atoms with Crippen molar-refractivity contribution >= 4 is 17.3 Å². The van der Waals surface area contributed by atoms with Crippen LogP contribution in [0.1, 0.15) is 39.0 Å². The summed E-state index contributed by atoms with van der Waals surface area (Å²) < 4.78 is 0. The molecule has 0 heterocycles. The molecular weight excluding hydrogens is 224 g/mol. The molecule has 98 valence electrons. The normalized spacial score (nSPS) is 17.7. The van der Waals surface area contributed by atoms with Crippen LogP contribution < -0.4 is 10.6 Å². The van der Waals surface area contributed by atoms with Gasteiger partial charge >= 0.3 is 0 Å². The molecule has 1 aromatic rings. The van der Waals surface area contributed by atoms with E-state index in [4.69, 9.17) is 5.73 Å². The van der Waals surface area contributed by atoms with Gasteiger partial charge in [0.25, 0.3) is 0 Å². The molecule has 0 bridgehead atoms. The Morgan fingerprint density at radius 1 is 1.39 bits per heavy atom. The number of carbonyl (C=O) groups is 1. The van der Waals surface area contributed by atoms with Crippen LogP contribution in [-0.2, 0) is 4.79 Å². The van der Waals surface area contributed by atoms with E-state index in [1.54, 1.807) is 4.90 Å². The van der Waals surface area contributed by atoms with Gasteiger partial charge in [0.2, 0.25) is 5.91 Å². The Bertz CT molecular complexity index is 436. The lowest BCUT2D eigenvalue weighted by Gasteiger charge is -2.31. The third kappa shape index (κ3) is 2.22. The minimum atomic E-state index is -0.140. The third-order valence-corrected chi connectivity index (χ3v) is 4.25. The Labute approximate surface area is 109 Å². The fraction of sp³-hybridized carbons (Fsp3) is 0.533. The highest BCUT2D eigenvalue weighted by molar-refractivity contribution is 5.97. The van der Waals surface area contributed by atoms with Gasteiger partial charge in [0.05, 0.1) is 0 Å². The van der Waals surface area contributed by atoms with Crippen LogP contribution in [0.4, 0.5) is 11.4 Å². The second-order valence-corrected chi connectivity index (χ2v) is 5.30. The quantitative estimate of drug-likeness (QED) is 0.832. The SMILES string of the molecule is CCC1(C(=O)N(C)c2cccc(N)c2)CCCC1. The van der Waals surface area contributed by atoms with Gasteiger partial charge in [0.1, 0.15) is 0 Å². The Hall–Kier alpha value is -1.51. The van der Waals surface area contributed by atoms with Gasteiger partial charge < -0.3 is 10.6 Å². The summed E-state index contributed by atoms with van der Waals surface area (Å²) in [5, 5.41) is 0. The van der Waals surface area contributed by atoms with Crippen LogP contribution in [0, 0.1) is 5.41 Å². The van der Waals surface area contributed by atoms with Crippen molar-refractivity contribution < 1.29 is 4.79 Å². The first-order chi connectivity index (χ1) is 8.59. The number of anilines is 2. The van der Waals surface area contributed by atoms with Crippen LogP contribution >= 0.6 is 0 Å². The molecule has 0 aromatic heterocycles. The number of nitrogens with two attached hydrogens (primary N) is 1. The monoisotopic (exact) mass is 246 g/mol. The molecule has 1 aliphatic rings. The minimum Gasteiger partial charge on any atom is -0.399 e. The Kier molecular flexibility index (Phi) is 3.60. The molecule has 1 fully saturated rings. The highest BCUT2D eigenvalue weighted by Crippen LogP contribution is 2.43. The van der Waals surface area contributed by atoms with Crippen LogP contribution in [0.15, 0.2) is 24.3 Å². The number of nitrogen functional groups attached to an aromatic ring is 1. The summed E-state index contributed by atoms with van der Waals surface area (Å²) >= 11 is 0. The van der Waals surface area contributed by atoms with E-state index in [0.717, 1.165) is 24.9 Å². The minimum absolute atomic E-state index is 0.140. The highest BCUT2D eigenvalue weighted by atomic mass is 16.2. The van der Waals surface area contributed by atoms with Crippen molar-refractivity contribution in [2.24, 2.45) is 5.41 Å². The van der Waals surface area contributed by atoms with E-state index in [-0.39, 0.29) is 11.3 Å². The maximum Gasteiger partial charge on any atom is 0.232 e. The zero-order valence-electron chi connectivity index (χ0n) is 11.3. The van der Waals surface area contributed by atoms with E-state index >= 15 is 0 Å². The standard InChI is InChI=1S/C15H22N2O/c1-3-15(9-4-5-10-15)14(18)17(2)13-8-6-7-12(16)11-13/h6-8,11H,3-5,9-10,16H2,1-2H3. The molecule has 2 N–H and O–H groups in total. The molecule has 0 spiro atoms. The molecule has 1 aromatic carbocycles. The molecule has 2 rings (SSSR count). The first-order valence-corrected chi connectivity index (χ1v) is 6.73. The summed E-state index contributed by atoms with van der Waals surface area (Å²) in [5.41, 5.74) is 7.22. The second-order valence-electron chi connectivity index (χ2n) is 5.30. The Morgan fingerprint density at radius 3 is 2.61 bits per heavy atom. The molecule has 0 unspecified atom stereocenters. The van der Waals surface area contributed by atoms with Crippen LogP contribution in [0.3, 0.4) is 0 Å². The fourth-order valence-electron chi connectivity index (χ4n) is 2.98. The van der Waals surface area contributed by atoms with Crippen molar-refractivity contribution in [2.45, 2.75) is 39.0 Å². The van der Waals surface area contributed by atoms with Gasteiger partial charge in [0.15, 0.2) is 0 Å². The molecule has 3 heteroatoms. The van der Waals surface area contributed by atoms with Gasteiger partial charge in [-0.25, -0.2) is 0 Å². The highest BCUT2D eigenvalue weighted by Gasteiger charge is 2.41. The molecule has 18 heavy (non-hydrogen) atoms. The van der Waals surface area contributed by atoms with Gasteiger partial charge in [-0.05, 0) is 37.5 Å². The molecule has 0 aliphatic heterocycles.